The first kappa shape index (κ1) is 17.1. The number of carbonyl (C=O) groups excluding carboxylic acids is 1. The van der Waals surface area contributed by atoms with E-state index in [2.05, 4.69) is 15.0 Å². The van der Waals surface area contributed by atoms with Crippen LogP contribution in [-0.2, 0) is 17.9 Å². The minimum Gasteiger partial charge on any atom is -0.486 e. The van der Waals surface area contributed by atoms with E-state index in [-0.39, 0.29) is 12.5 Å². The lowest BCUT2D eigenvalue weighted by Gasteiger charge is -2.23. The maximum Gasteiger partial charge on any atom is 0.242 e. The maximum absolute atomic E-state index is 12.8. The van der Waals surface area contributed by atoms with Gasteiger partial charge in [-0.3, -0.25) is 4.79 Å². The largest absolute Gasteiger partial charge is 0.486 e. The van der Waals surface area contributed by atoms with Crippen molar-refractivity contribution in [3.05, 3.63) is 36.4 Å². The molecule has 2 aromatic heterocycles. The van der Waals surface area contributed by atoms with Crippen LogP contribution in [0.5, 0.6) is 11.5 Å². The second-order valence-corrected chi connectivity index (χ2v) is 6.19. The van der Waals surface area contributed by atoms with E-state index < -0.39 is 0 Å². The first-order chi connectivity index (χ1) is 13.2. The minimum atomic E-state index is -0.0381. The van der Waals surface area contributed by atoms with Crippen LogP contribution in [0.1, 0.15) is 12.5 Å². The summed E-state index contributed by atoms with van der Waals surface area (Å²) in [7, 11) is 0. The number of aromatic nitrogens is 4. The molecule has 0 saturated heterocycles. The second kappa shape index (κ2) is 7.10. The predicted octanol–water partition coefficient (Wildman–Crippen LogP) is 1.23. The van der Waals surface area contributed by atoms with Crippen molar-refractivity contribution in [2.75, 3.05) is 25.5 Å². The van der Waals surface area contributed by atoms with Crippen LogP contribution in [0.25, 0.3) is 11.2 Å². The molecule has 3 aromatic rings. The normalized spacial score (nSPS) is 12.9. The van der Waals surface area contributed by atoms with E-state index in [1.807, 2.05) is 25.1 Å². The van der Waals surface area contributed by atoms with Crippen molar-refractivity contribution in [1.82, 2.24) is 24.4 Å². The van der Waals surface area contributed by atoms with E-state index in [0.29, 0.717) is 43.3 Å². The van der Waals surface area contributed by atoms with Gasteiger partial charge in [0.1, 0.15) is 31.6 Å². The number of anilines is 1. The van der Waals surface area contributed by atoms with E-state index >= 15 is 0 Å². The average molecular weight is 368 g/mol. The number of rotatable bonds is 5. The molecule has 0 unspecified atom stereocenters. The molecule has 9 heteroatoms. The van der Waals surface area contributed by atoms with Gasteiger partial charge in [0.15, 0.2) is 23.0 Å². The fourth-order valence-corrected chi connectivity index (χ4v) is 3.04. The van der Waals surface area contributed by atoms with E-state index in [0.717, 1.165) is 17.1 Å². The zero-order valence-electron chi connectivity index (χ0n) is 15.0. The van der Waals surface area contributed by atoms with Gasteiger partial charge in [-0.2, -0.15) is 0 Å². The van der Waals surface area contributed by atoms with Crippen LogP contribution in [0.3, 0.4) is 0 Å². The Morgan fingerprint density at radius 3 is 2.85 bits per heavy atom. The Labute approximate surface area is 155 Å². The SMILES string of the molecule is CCN(Cc1ccc2c(c1)OCCO2)C(=O)Cn1cnc2c(N)ncnc21. The van der Waals surface area contributed by atoms with Gasteiger partial charge in [-0.25, -0.2) is 15.0 Å². The van der Waals surface area contributed by atoms with Crippen LogP contribution in [0.15, 0.2) is 30.9 Å². The van der Waals surface area contributed by atoms with Gasteiger partial charge in [0.2, 0.25) is 5.91 Å². The highest BCUT2D eigenvalue weighted by Crippen LogP contribution is 2.31. The molecule has 2 N–H and O–H groups in total. The van der Waals surface area contributed by atoms with Crippen molar-refractivity contribution in [1.29, 1.82) is 0 Å². The van der Waals surface area contributed by atoms with Crippen LogP contribution in [0, 0.1) is 0 Å². The van der Waals surface area contributed by atoms with E-state index in [1.54, 1.807) is 15.8 Å². The summed E-state index contributed by atoms with van der Waals surface area (Å²) < 4.78 is 12.8. The molecule has 0 aliphatic carbocycles. The highest BCUT2D eigenvalue weighted by molar-refractivity contribution is 5.83. The minimum absolute atomic E-state index is 0.0381. The number of hydrogen-bond acceptors (Lipinski definition) is 7. The summed E-state index contributed by atoms with van der Waals surface area (Å²) in [4.78, 5) is 26.9. The van der Waals surface area contributed by atoms with Crippen molar-refractivity contribution < 1.29 is 14.3 Å². The Morgan fingerprint density at radius 2 is 2.04 bits per heavy atom. The van der Waals surface area contributed by atoms with Gasteiger partial charge in [-0.15, -0.1) is 0 Å². The summed E-state index contributed by atoms with van der Waals surface area (Å²) in [6.07, 6.45) is 2.93. The molecule has 1 amide bonds. The van der Waals surface area contributed by atoms with Gasteiger partial charge in [0, 0.05) is 13.1 Å². The van der Waals surface area contributed by atoms with Crippen molar-refractivity contribution in [3.63, 3.8) is 0 Å². The van der Waals surface area contributed by atoms with Crippen LogP contribution in [0.2, 0.25) is 0 Å². The molecule has 0 saturated carbocycles. The number of nitrogens with zero attached hydrogens (tertiary/aromatic N) is 5. The van der Waals surface area contributed by atoms with Crippen LogP contribution < -0.4 is 15.2 Å². The summed E-state index contributed by atoms with van der Waals surface area (Å²) in [5.41, 5.74) is 7.83. The molecule has 0 atom stereocenters. The maximum atomic E-state index is 12.8. The highest BCUT2D eigenvalue weighted by Gasteiger charge is 2.18. The third kappa shape index (κ3) is 3.35. The Bertz CT molecular complexity index is 986. The van der Waals surface area contributed by atoms with E-state index in [4.69, 9.17) is 15.2 Å². The molecule has 27 heavy (non-hydrogen) atoms. The standard InChI is InChI=1S/C18H20N6O3/c1-2-23(8-12-3-4-13-14(7-12)27-6-5-26-13)15(25)9-24-11-22-16-17(19)20-10-21-18(16)24/h3-4,7,10-11H,2,5-6,8-9H2,1H3,(H2,19,20,21). The summed E-state index contributed by atoms with van der Waals surface area (Å²) in [5.74, 6) is 1.72. The van der Waals surface area contributed by atoms with Gasteiger partial charge < -0.3 is 24.7 Å². The van der Waals surface area contributed by atoms with Gasteiger partial charge in [-0.1, -0.05) is 6.07 Å². The summed E-state index contributed by atoms with van der Waals surface area (Å²) in [5, 5.41) is 0. The number of amides is 1. The first-order valence-electron chi connectivity index (χ1n) is 8.73. The van der Waals surface area contributed by atoms with Crippen LogP contribution in [0.4, 0.5) is 5.82 Å². The predicted molar refractivity (Wildman–Crippen MR) is 98.3 cm³/mol. The fraction of sp³-hybridized carbons (Fsp3) is 0.333. The molecule has 0 spiro atoms. The average Bonchev–Trinajstić information content (AvgIpc) is 3.10. The molecule has 1 aliphatic heterocycles. The van der Waals surface area contributed by atoms with Crippen molar-refractivity contribution in [2.24, 2.45) is 0 Å². The summed E-state index contributed by atoms with van der Waals surface area (Å²) >= 11 is 0. The van der Waals surface area contributed by atoms with Crippen molar-refractivity contribution >= 4 is 22.9 Å². The lowest BCUT2D eigenvalue weighted by molar-refractivity contribution is -0.132. The number of likely N-dealkylation sites (N-methyl/N-ethyl adjacent to an activating group) is 1. The zero-order valence-corrected chi connectivity index (χ0v) is 15.0. The van der Waals surface area contributed by atoms with Crippen molar-refractivity contribution in [2.45, 2.75) is 20.0 Å². The molecule has 1 aromatic carbocycles. The first-order valence-corrected chi connectivity index (χ1v) is 8.73. The molecule has 9 nitrogen and oxygen atoms in total. The smallest absolute Gasteiger partial charge is 0.242 e. The van der Waals surface area contributed by atoms with Crippen molar-refractivity contribution in [3.8, 4) is 11.5 Å². The number of nitrogens with two attached hydrogens (primary N) is 1. The number of ether oxygens (including phenoxy) is 2. The summed E-state index contributed by atoms with van der Waals surface area (Å²) in [6.45, 7) is 4.23. The molecule has 0 radical (unpaired) electrons. The monoisotopic (exact) mass is 368 g/mol. The Morgan fingerprint density at radius 1 is 1.22 bits per heavy atom. The van der Waals surface area contributed by atoms with Crippen LogP contribution in [-0.4, -0.2) is 50.1 Å². The Kier molecular flexibility index (Phi) is 4.49. The van der Waals surface area contributed by atoms with E-state index in [1.165, 1.54) is 6.33 Å². The molecule has 0 bridgehead atoms. The lowest BCUT2D eigenvalue weighted by Crippen LogP contribution is -2.33. The van der Waals surface area contributed by atoms with E-state index in [9.17, 15) is 4.79 Å². The van der Waals surface area contributed by atoms with Gasteiger partial charge >= 0.3 is 0 Å². The summed E-state index contributed by atoms with van der Waals surface area (Å²) in [6, 6.07) is 5.75. The molecule has 140 valence electrons. The topological polar surface area (TPSA) is 108 Å². The lowest BCUT2D eigenvalue weighted by atomic mass is 10.1. The number of imidazole rings is 1. The van der Waals surface area contributed by atoms with Gasteiger partial charge in [0.25, 0.3) is 0 Å². The fourth-order valence-electron chi connectivity index (χ4n) is 3.04. The quantitative estimate of drug-likeness (QED) is 0.721. The number of benzene rings is 1. The number of fused-ring (bicyclic) bond motifs is 2. The van der Waals surface area contributed by atoms with Gasteiger partial charge in [0.05, 0.1) is 6.33 Å². The molecule has 1 aliphatic rings. The highest BCUT2D eigenvalue weighted by atomic mass is 16.6. The molecule has 3 heterocycles. The Hall–Kier alpha value is -3.36. The number of carbonyl (C=O) groups is 1. The molecule has 0 fully saturated rings. The third-order valence-corrected chi connectivity index (χ3v) is 4.45. The Balaban J connectivity index is 1.50. The molecular weight excluding hydrogens is 348 g/mol. The van der Waals surface area contributed by atoms with Gasteiger partial charge in [-0.05, 0) is 24.6 Å². The second-order valence-electron chi connectivity index (χ2n) is 6.19. The molecule has 4 rings (SSSR count). The zero-order chi connectivity index (χ0) is 18.8. The molecular formula is C18H20N6O3. The third-order valence-electron chi connectivity index (χ3n) is 4.45. The number of hydrogen-bond donors (Lipinski definition) is 1. The van der Waals surface area contributed by atoms with Crippen LogP contribution >= 0.6 is 0 Å². The number of nitrogen functional groups attached to an aromatic ring is 1.